The molecule has 5 aliphatic rings. The fourth-order valence-corrected chi connectivity index (χ4v) is 7.82. The molecule has 1 heterocycles. The van der Waals surface area contributed by atoms with Gasteiger partial charge in [-0.3, -0.25) is 0 Å². The van der Waals surface area contributed by atoms with E-state index in [0.717, 1.165) is 23.8 Å². The van der Waals surface area contributed by atoms with Crippen LogP contribution >= 0.6 is 0 Å². The molecular weight excluding hydrogens is 292 g/mol. The molecule has 0 saturated heterocycles. The van der Waals surface area contributed by atoms with E-state index >= 15 is 0 Å². The first kappa shape index (κ1) is 15.5. The zero-order valence-corrected chi connectivity index (χ0v) is 15.8. The summed E-state index contributed by atoms with van der Waals surface area (Å²) < 4.78 is 0. The molecule has 2 nitrogen and oxygen atoms in total. The lowest BCUT2D eigenvalue weighted by Crippen LogP contribution is -2.52. The Morgan fingerprint density at radius 2 is 2.04 bits per heavy atom. The van der Waals surface area contributed by atoms with Crippen LogP contribution in [-0.2, 0) is 0 Å². The Kier molecular flexibility index (Phi) is 3.31. The SMILES string of the molecule is CN[C@H]1CC[C@@]2(C)C(=CC[C@H]3[C@@H]4CCC5=C(C)NC[C@@]54CC[C@@H]32)C1. The fraction of sp³-hybridized carbons (Fsp3) is 0.818. The first-order valence-electron chi connectivity index (χ1n) is 10.4. The molecule has 6 atom stereocenters. The van der Waals surface area contributed by atoms with E-state index in [1.54, 1.807) is 5.57 Å². The van der Waals surface area contributed by atoms with E-state index in [1.807, 2.05) is 5.57 Å². The average molecular weight is 327 g/mol. The molecule has 1 aliphatic heterocycles. The zero-order valence-electron chi connectivity index (χ0n) is 15.8. The van der Waals surface area contributed by atoms with E-state index in [1.165, 1.54) is 63.6 Å². The summed E-state index contributed by atoms with van der Waals surface area (Å²) >= 11 is 0. The maximum absolute atomic E-state index is 3.74. The molecule has 132 valence electrons. The Morgan fingerprint density at radius 1 is 1.17 bits per heavy atom. The topological polar surface area (TPSA) is 24.1 Å². The average Bonchev–Trinajstić information content (AvgIpc) is 3.12. The van der Waals surface area contributed by atoms with Crippen molar-refractivity contribution in [3.05, 3.63) is 22.9 Å². The van der Waals surface area contributed by atoms with Crippen LogP contribution in [0.1, 0.15) is 65.2 Å². The lowest BCUT2D eigenvalue weighted by molar-refractivity contribution is -0.0185. The monoisotopic (exact) mass is 326 g/mol. The Hall–Kier alpha value is -0.760. The summed E-state index contributed by atoms with van der Waals surface area (Å²) in [6.07, 6.45) is 13.9. The zero-order chi connectivity index (χ0) is 16.5. The van der Waals surface area contributed by atoms with Crippen molar-refractivity contribution in [2.75, 3.05) is 13.6 Å². The molecule has 2 N–H and O–H groups in total. The minimum atomic E-state index is 0.505. The van der Waals surface area contributed by atoms with Crippen molar-refractivity contribution >= 4 is 0 Å². The fourth-order valence-electron chi connectivity index (χ4n) is 7.82. The molecule has 0 aromatic heterocycles. The normalized spacial score (nSPS) is 49.7. The van der Waals surface area contributed by atoms with Gasteiger partial charge in [0.15, 0.2) is 0 Å². The summed E-state index contributed by atoms with van der Waals surface area (Å²) in [7, 11) is 2.14. The molecule has 0 amide bonds. The van der Waals surface area contributed by atoms with Crippen LogP contribution in [0, 0.1) is 28.6 Å². The van der Waals surface area contributed by atoms with Gasteiger partial charge in [0.05, 0.1) is 0 Å². The molecule has 1 spiro atoms. The lowest BCUT2D eigenvalue weighted by atomic mass is 9.47. The summed E-state index contributed by atoms with van der Waals surface area (Å²) in [5, 5.41) is 7.28. The van der Waals surface area contributed by atoms with Crippen molar-refractivity contribution in [3.63, 3.8) is 0 Å². The van der Waals surface area contributed by atoms with E-state index in [9.17, 15) is 0 Å². The number of nitrogens with one attached hydrogen (secondary N) is 2. The summed E-state index contributed by atoms with van der Waals surface area (Å²) in [6.45, 7) is 6.21. The number of fused-ring (bicyclic) bond motifs is 4. The highest BCUT2D eigenvalue weighted by atomic mass is 15.0. The molecule has 0 radical (unpaired) electrons. The van der Waals surface area contributed by atoms with Crippen LogP contribution in [0.25, 0.3) is 0 Å². The lowest BCUT2D eigenvalue weighted by Gasteiger charge is -2.57. The maximum Gasteiger partial charge on any atom is 0.0241 e. The first-order valence-corrected chi connectivity index (χ1v) is 10.4. The van der Waals surface area contributed by atoms with Crippen molar-refractivity contribution in [2.24, 2.45) is 28.6 Å². The molecule has 0 aromatic carbocycles. The molecule has 3 fully saturated rings. The first-order chi connectivity index (χ1) is 11.6. The second-order valence-corrected chi connectivity index (χ2v) is 9.68. The molecule has 4 aliphatic carbocycles. The largest absolute Gasteiger partial charge is 0.388 e. The van der Waals surface area contributed by atoms with Crippen LogP contribution in [0.4, 0.5) is 0 Å². The minimum Gasteiger partial charge on any atom is -0.388 e. The smallest absolute Gasteiger partial charge is 0.0241 e. The summed E-state index contributed by atoms with van der Waals surface area (Å²) in [5.41, 5.74) is 6.22. The van der Waals surface area contributed by atoms with Crippen LogP contribution in [0.2, 0.25) is 0 Å². The van der Waals surface area contributed by atoms with E-state index in [2.05, 4.69) is 37.6 Å². The van der Waals surface area contributed by atoms with Gasteiger partial charge in [0, 0.05) is 23.7 Å². The van der Waals surface area contributed by atoms with Crippen molar-refractivity contribution in [3.8, 4) is 0 Å². The van der Waals surface area contributed by atoms with Crippen molar-refractivity contribution in [1.29, 1.82) is 0 Å². The molecule has 0 bridgehead atoms. The van der Waals surface area contributed by atoms with Gasteiger partial charge in [0.25, 0.3) is 0 Å². The van der Waals surface area contributed by atoms with Gasteiger partial charge in [-0.05, 0) is 94.1 Å². The second kappa shape index (κ2) is 5.13. The van der Waals surface area contributed by atoms with Crippen LogP contribution in [-0.4, -0.2) is 19.6 Å². The molecule has 2 heteroatoms. The predicted octanol–water partition coefficient (Wildman–Crippen LogP) is 4.39. The van der Waals surface area contributed by atoms with Crippen molar-refractivity contribution in [1.82, 2.24) is 10.6 Å². The van der Waals surface area contributed by atoms with Gasteiger partial charge >= 0.3 is 0 Å². The number of hydrogen-bond donors (Lipinski definition) is 2. The van der Waals surface area contributed by atoms with Crippen LogP contribution in [0.15, 0.2) is 22.9 Å². The van der Waals surface area contributed by atoms with Gasteiger partial charge in [0.1, 0.15) is 0 Å². The Morgan fingerprint density at radius 3 is 2.88 bits per heavy atom. The third kappa shape index (κ3) is 1.81. The highest BCUT2D eigenvalue weighted by Gasteiger charge is 2.60. The summed E-state index contributed by atoms with van der Waals surface area (Å²) in [6, 6.07) is 0.721. The Bertz CT molecular complexity index is 617. The van der Waals surface area contributed by atoms with Gasteiger partial charge in [-0.25, -0.2) is 0 Å². The molecular formula is C22H34N2. The molecule has 0 aromatic rings. The number of rotatable bonds is 1. The minimum absolute atomic E-state index is 0.505. The number of allylic oxidation sites excluding steroid dienone is 2. The van der Waals surface area contributed by atoms with E-state index in [0.29, 0.717) is 10.8 Å². The molecule has 24 heavy (non-hydrogen) atoms. The second-order valence-electron chi connectivity index (χ2n) is 9.68. The molecule has 5 rings (SSSR count). The quantitative estimate of drug-likeness (QED) is 0.698. The van der Waals surface area contributed by atoms with Gasteiger partial charge in [0.2, 0.25) is 0 Å². The van der Waals surface area contributed by atoms with Gasteiger partial charge in [-0.2, -0.15) is 0 Å². The van der Waals surface area contributed by atoms with E-state index < -0.39 is 0 Å². The Labute approximate surface area is 147 Å². The standard InChI is InChI=1S/C22H34N2/c1-14-18-6-7-20-17-5-4-15-12-16(23-3)8-10-21(15,2)19(17)9-11-22(18,20)13-24-14/h4,16-17,19-20,23-24H,5-13H2,1-3H3/t16-,17+,19-,20-,21-,22-/m0/s1. The summed E-state index contributed by atoms with van der Waals surface area (Å²) in [5.74, 6) is 2.85. The summed E-state index contributed by atoms with van der Waals surface area (Å²) in [4.78, 5) is 0. The maximum atomic E-state index is 3.74. The van der Waals surface area contributed by atoms with Crippen LogP contribution in [0.5, 0.6) is 0 Å². The number of hydrogen-bond acceptors (Lipinski definition) is 2. The van der Waals surface area contributed by atoms with Crippen LogP contribution in [0.3, 0.4) is 0 Å². The third-order valence-electron chi connectivity index (χ3n) is 9.15. The van der Waals surface area contributed by atoms with Gasteiger partial charge in [-0.1, -0.05) is 18.6 Å². The third-order valence-corrected chi connectivity index (χ3v) is 9.15. The highest BCUT2D eigenvalue weighted by molar-refractivity contribution is 5.35. The van der Waals surface area contributed by atoms with Gasteiger partial charge in [-0.15, -0.1) is 0 Å². The van der Waals surface area contributed by atoms with Crippen LogP contribution < -0.4 is 10.6 Å². The van der Waals surface area contributed by atoms with E-state index in [4.69, 9.17) is 0 Å². The van der Waals surface area contributed by atoms with E-state index in [-0.39, 0.29) is 0 Å². The van der Waals surface area contributed by atoms with Crippen molar-refractivity contribution < 1.29 is 0 Å². The van der Waals surface area contributed by atoms with Gasteiger partial charge < -0.3 is 10.6 Å². The predicted molar refractivity (Wildman–Crippen MR) is 99.6 cm³/mol. The highest BCUT2D eigenvalue weighted by Crippen LogP contribution is 2.67. The molecule has 0 unspecified atom stereocenters. The van der Waals surface area contributed by atoms with Crippen molar-refractivity contribution in [2.45, 2.75) is 71.3 Å². The Balaban J connectivity index is 1.49. The molecule has 3 saturated carbocycles.